The molecule has 1 saturated heterocycles. The molecule has 0 aliphatic carbocycles. The van der Waals surface area contributed by atoms with Gasteiger partial charge in [-0.3, -0.25) is 0 Å². The van der Waals surface area contributed by atoms with Gasteiger partial charge >= 0.3 is 5.97 Å². The van der Waals surface area contributed by atoms with Crippen molar-refractivity contribution in [2.45, 2.75) is 31.7 Å². The number of carboxylic acid groups (broad SMARTS) is 1. The van der Waals surface area contributed by atoms with Crippen LogP contribution < -0.4 is 10.6 Å². The van der Waals surface area contributed by atoms with Crippen LogP contribution in [0.1, 0.15) is 36.0 Å². The molecule has 0 aromatic carbocycles. The Labute approximate surface area is 111 Å². The number of nitrogens with zero attached hydrogens (tertiary/aromatic N) is 2. The molecule has 2 rings (SSSR count). The predicted octanol–water partition coefficient (Wildman–Crippen LogP) is 1.10. The van der Waals surface area contributed by atoms with Crippen molar-refractivity contribution < 1.29 is 15.0 Å². The van der Waals surface area contributed by atoms with E-state index in [2.05, 4.69) is 9.88 Å². The molecule has 6 heteroatoms. The molecule has 1 aliphatic rings. The first-order valence-electron chi connectivity index (χ1n) is 6.50. The van der Waals surface area contributed by atoms with Crippen molar-refractivity contribution in [2.24, 2.45) is 0 Å². The Morgan fingerprint density at radius 3 is 3.05 bits per heavy atom. The van der Waals surface area contributed by atoms with Gasteiger partial charge in [0, 0.05) is 25.4 Å². The number of nitrogen functional groups attached to an aromatic ring is 1. The van der Waals surface area contributed by atoms with Gasteiger partial charge in [-0.1, -0.05) is 0 Å². The number of aromatic nitrogens is 1. The van der Waals surface area contributed by atoms with Crippen molar-refractivity contribution in [1.82, 2.24) is 4.98 Å². The lowest BCUT2D eigenvalue weighted by Crippen LogP contribution is -2.31. The van der Waals surface area contributed by atoms with E-state index in [1.54, 1.807) is 0 Å². The van der Waals surface area contributed by atoms with Crippen LogP contribution in [-0.2, 0) is 0 Å². The first-order chi connectivity index (χ1) is 9.15. The number of nitrogens with two attached hydrogens (primary N) is 1. The molecular weight excluding hydrogens is 246 g/mol. The second-order valence-corrected chi connectivity index (χ2v) is 4.76. The zero-order chi connectivity index (χ0) is 13.8. The number of aromatic carboxylic acids is 1. The van der Waals surface area contributed by atoms with Crippen molar-refractivity contribution in [3.05, 3.63) is 17.8 Å². The molecule has 6 nitrogen and oxygen atoms in total. The molecule has 1 aromatic heterocycles. The Hall–Kier alpha value is -1.82. The topological polar surface area (TPSA) is 99.7 Å². The van der Waals surface area contributed by atoms with Crippen molar-refractivity contribution >= 4 is 17.5 Å². The molecule has 0 saturated carbocycles. The minimum absolute atomic E-state index is 0.0952. The largest absolute Gasteiger partial charge is 0.478 e. The number of anilines is 2. The van der Waals surface area contributed by atoms with E-state index in [-0.39, 0.29) is 23.9 Å². The van der Waals surface area contributed by atoms with Crippen molar-refractivity contribution in [2.75, 3.05) is 23.8 Å². The highest BCUT2D eigenvalue weighted by Crippen LogP contribution is 2.32. The van der Waals surface area contributed by atoms with E-state index in [0.717, 1.165) is 32.2 Å². The summed E-state index contributed by atoms with van der Waals surface area (Å²) in [4.78, 5) is 17.4. The van der Waals surface area contributed by atoms with Crippen LogP contribution in [0.3, 0.4) is 0 Å². The minimum Gasteiger partial charge on any atom is -0.478 e. The molecule has 0 bridgehead atoms. The summed E-state index contributed by atoms with van der Waals surface area (Å²) in [6, 6.07) is 1.70. The van der Waals surface area contributed by atoms with Gasteiger partial charge in [0.2, 0.25) is 0 Å². The fourth-order valence-electron chi connectivity index (χ4n) is 2.62. The molecule has 1 aromatic rings. The molecule has 4 N–H and O–H groups in total. The molecule has 19 heavy (non-hydrogen) atoms. The van der Waals surface area contributed by atoms with Crippen LogP contribution in [-0.4, -0.2) is 40.4 Å². The molecule has 0 spiro atoms. The summed E-state index contributed by atoms with van der Waals surface area (Å²) in [5, 5.41) is 18.0. The minimum atomic E-state index is -1.03. The summed E-state index contributed by atoms with van der Waals surface area (Å²) >= 11 is 0. The van der Waals surface area contributed by atoms with Gasteiger partial charge < -0.3 is 20.8 Å². The molecular formula is C13H19N3O3. The van der Waals surface area contributed by atoms with Crippen LogP contribution in [0, 0.1) is 0 Å². The van der Waals surface area contributed by atoms with E-state index in [1.165, 1.54) is 12.3 Å². The maximum Gasteiger partial charge on any atom is 0.337 e. The van der Waals surface area contributed by atoms with Crippen LogP contribution in [0.4, 0.5) is 11.5 Å². The number of carboxylic acids is 1. The summed E-state index contributed by atoms with van der Waals surface area (Å²) in [5.41, 5.74) is 6.24. The molecule has 104 valence electrons. The lowest BCUT2D eigenvalue weighted by atomic mass is 10.1. The van der Waals surface area contributed by atoms with Gasteiger partial charge in [0.25, 0.3) is 0 Å². The summed E-state index contributed by atoms with van der Waals surface area (Å²) in [5.74, 6) is -0.479. The monoisotopic (exact) mass is 265 g/mol. The van der Waals surface area contributed by atoms with Crippen molar-refractivity contribution in [3.63, 3.8) is 0 Å². The Morgan fingerprint density at radius 1 is 1.58 bits per heavy atom. The SMILES string of the molecule is Nc1c(C(=O)O)ccnc1N1CCCC1CCCO. The van der Waals surface area contributed by atoms with Gasteiger partial charge in [-0.15, -0.1) is 0 Å². The average Bonchev–Trinajstić information content (AvgIpc) is 2.84. The van der Waals surface area contributed by atoms with E-state index in [0.29, 0.717) is 5.82 Å². The Morgan fingerprint density at radius 2 is 2.37 bits per heavy atom. The number of aliphatic hydroxyl groups excluding tert-OH is 1. The first-order valence-corrected chi connectivity index (χ1v) is 6.50. The van der Waals surface area contributed by atoms with Gasteiger partial charge in [-0.2, -0.15) is 0 Å². The third kappa shape index (κ3) is 2.78. The van der Waals surface area contributed by atoms with E-state index in [4.69, 9.17) is 15.9 Å². The third-order valence-corrected chi connectivity index (χ3v) is 3.54. The van der Waals surface area contributed by atoms with Crippen LogP contribution in [0.25, 0.3) is 0 Å². The zero-order valence-corrected chi connectivity index (χ0v) is 10.7. The first kappa shape index (κ1) is 13.6. The average molecular weight is 265 g/mol. The summed E-state index contributed by atoms with van der Waals surface area (Å²) in [6.07, 6.45) is 5.15. The van der Waals surface area contributed by atoms with Crippen LogP contribution in [0.5, 0.6) is 0 Å². The van der Waals surface area contributed by atoms with Gasteiger partial charge in [0.1, 0.15) is 0 Å². The maximum atomic E-state index is 11.1. The van der Waals surface area contributed by atoms with Gasteiger partial charge in [-0.25, -0.2) is 9.78 Å². The zero-order valence-electron chi connectivity index (χ0n) is 10.7. The summed E-state index contributed by atoms with van der Waals surface area (Å²) in [6.45, 7) is 0.999. The highest BCUT2D eigenvalue weighted by Gasteiger charge is 2.27. The summed E-state index contributed by atoms with van der Waals surface area (Å²) in [7, 11) is 0. The fourth-order valence-corrected chi connectivity index (χ4v) is 2.62. The highest BCUT2D eigenvalue weighted by molar-refractivity contribution is 5.96. The molecule has 0 amide bonds. The molecule has 1 atom stereocenters. The second kappa shape index (κ2) is 5.88. The number of carbonyl (C=O) groups is 1. The molecule has 1 unspecified atom stereocenters. The van der Waals surface area contributed by atoms with Gasteiger partial charge in [-0.05, 0) is 31.7 Å². The summed E-state index contributed by atoms with van der Waals surface area (Å²) < 4.78 is 0. The lowest BCUT2D eigenvalue weighted by Gasteiger charge is -2.27. The van der Waals surface area contributed by atoms with E-state index >= 15 is 0 Å². The van der Waals surface area contributed by atoms with Crippen molar-refractivity contribution in [3.8, 4) is 0 Å². The standard InChI is InChI=1S/C13H19N3O3/c14-11-10(13(18)19)5-6-15-12(11)16-7-1-3-9(16)4-2-8-17/h5-6,9,17H,1-4,7-8,14H2,(H,18,19). The quantitative estimate of drug-likeness (QED) is 0.737. The maximum absolute atomic E-state index is 11.1. The van der Waals surface area contributed by atoms with Crippen LogP contribution >= 0.6 is 0 Å². The Kier molecular flexibility index (Phi) is 4.21. The lowest BCUT2D eigenvalue weighted by molar-refractivity contribution is 0.0698. The van der Waals surface area contributed by atoms with Crippen LogP contribution in [0.15, 0.2) is 12.3 Å². The molecule has 0 radical (unpaired) electrons. The van der Waals surface area contributed by atoms with E-state index < -0.39 is 5.97 Å². The number of aliphatic hydroxyl groups is 1. The van der Waals surface area contributed by atoms with E-state index in [1.807, 2.05) is 0 Å². The number of pyridine rings is 1. The van der Waals surface area contributed by atoms with Gasteiger partial charge in [0.05, 0.1) is 11.3 Å². The number of hydrogen-bond acceptors (Lipinski definition) is 5. The number of rotatable bonds is 5. The van der Waals surface area contributed by atoms with Crippen LogP contribution in [0.2, 0.25) is 0 Å². The van der Waals surface area contributed by atoms with Crippen molar-refractivity contribution in [1.29, 1.82) is 0 Å². The van der Waals surface area contributed by atoms with Gasteiger partial charge in [0.15, 0.2) is 5.82 Å². The smallest absolute Gasteiger partial charge is 0.337 e. The second-order valence-electron chi connectivity index (χ2n) is 4.76. The Balaban J connectivity index is 2.25. The molecule has 1 aliphatic heterocycles. The highest BCUT2D eigenvalue weighted by atomic mass is 16.4. The molecule has 1 fully saturated rings. The fraction of sp³-hybridized carbons (Fsp3) is 0.538. The van der Waals surface area contributed by atoms with E-state index in [9.17, 15) is 4.79 Å². The third-order valence-electron chi connectivity index (χ3n) is 3.54. The Bertz CT molecular complexity index is 464. The molecule has 2 heterocycles. The number of hydrogen-bond donors (Lipinski definition) is 3. The normalized spacial score (nSPS) is 18.8. The predicted molar refractivity (Wildman–Crippen MR) is 72.3 cm³/mol.